The van der Waals surface area contributed by atoms with Crippen molar-refractivity contribution in [3.05, 3.63) is 63.1 Å². The van der Waals surface area contributed by atoms with Crippen LogP contribution >= 0.6 is 27.5 Å². The third kappa shape index (κ3) is 7.25. The molecule has 2 aromatic rings. The molecule has 1 atom stereocenters. The molecular weight excluding hydrogens is 480 g/mol. The van der Waals surface area contributed by atoms with Gasteiger partial charge in [0.2, 0.25) is 5.91 Å². The van der Waals surface area contributed by atoms with E-state index in [0.717, 1.165) is 15.6 Å². The number of likely N-dealkylation sites (N-methyl/N-ethyl adjacent to an activating group) is 1. The summed E-state index contributed by atoms with van der Waals surface area (Å²) in [5.74, 6) is 0.0776. The molecule has 2 rings (SSSR count). The van der Waals surface area contributed by atoms with E-state index in [1.54, 1.807) is 19.1 Å². The van der Waals surface area contributed by atoms with Crippen molar-refractivity contribution in [2.24, 2.45) is 0 Å². The van der Waals surface area contributed by atoms with Crippen molar-refractivity contribution in [1.82, 2.24) is 10.2 Å². The third-order valence-corrected chi connectivity index (χ3v) is 5.76. The van der Waals surface area contributed by atoms with Crippen LogP contribution < -0.4 is 10.1 Å². The second kappa shape index (κ2) is 11.0. The molecule has 7 heteroatoms. The molecule has 0 aliphatic carbocycles. The largest absolute Gasteiger partial charge is 0.483 e. The van der Waals surface area contributed by atoms with Gasteiger partial charge in [-0.1, -0.05) is 50.6 Å². The Morgan fingerprint density at radius 2 is 1.90 bits per heavy atom. The Balaban J connectivity index is 2.17. The number of hydrogen-bond acceptors (Lipinski definition) is 3. The minimum Gasteiger partial charge on any atom is -0.483 e. The predicted octanol–water partition coefficient (Wildman–Crippen LogP) is 5.33. The van der Waals surface area contributed by atoms with Gasteiger partial charge in [0, 0.05) is 18.1 Å². The monoisotopic (exact) mass is 508 g/mol. The summed E-state index contributed by atoms with van der Waals surface area (Å²) in [7, 11) is 0. The molecule has 0 aromatic heterocycles. The number of benzene rings is 2. The Morgan fingerprint density at radius 3 is 2.48 bits per heavy atom. The summed E-state index contributed by atoms with van der Waals surface area (Å²) in [6, 6.07) is 12.4. The van der Waals surface area contributed by atoms with Crippen molar-refractivity contribution < 1.29 is 14.3 Å². The van der Waals surface area contributed by atoms with Crippen LogP contribution in [0.25, 0.3) is 0 Å². The minimum atomic E-state index is -0.651. The fraction of sp³-hybridized carbons (Fsp3) is 0.417. The lowest BCUT2D eigenvalue weighted by Gasteiger charge is -2.29. The SMILES string of the molecule is CCNC(=O)[C@@H](C)N(Cc1cccc(Cl)c1)C(=O)COc1ccc(C(C)(C)C)cc1Br. The van der Waals surface area contributed by atoms with Crippen LogP contribution in [-0.2, 0) is 21.5 Å². The van der Waals surface area contributed by atoms with Crippen LogP contribution in [0.3, 0.4) is 0 Å². The standard InChI is InChI=1S/C24H30BrClN2O3/c1-6-27-23(30)16(2)28(14-17-8-7-9-19(26)12-17)22(29)15-31-21-11-10-18(13-20(21)25)24(3,4)5/h7-13,16H,6,14-15H2,1-5H3,(H,27,30)/t16-/m1/s1. The Hall–Kier alpha value is -2.05. The Morgan fingerprint density at radius 1 is 1.19 bits per heavy atom. The van der Waals surface area contributed by atoms with Gasteiger partial charge in [-0.2, -0.15) is 0 Å². The fourth-order valence-corrected chi connectivity index (χ4v) is 3.75. The molecule has 0 spiro atoms. The Labute approximate surface area is 198 Å². The summed E-state index contributed by atoms with van der Waals surface area (Å²) in [5, 5.41) is 3.35. The highest BCUT2D eigenvalue weighted by molar-refractivity contribution is 9.10. The summed E-state index contributed by atoms with van der Waals surface area (Å²) >= 11 is 9.62. The van der Waals surface area contributed by atoms with Crippen LogP contribution in [0.15, 0.2) is 46.9 Å². The lowest BCUT2D eigenvalue weighted by atomic mass is 9.87. The number of halogens is 2. The molecule has 0 saturated heterocycles. The summed E-state index contributed by atoms with van der Waals surface area (Å²) in [6.07, 6.45) is 0. The van der Waals surface area contributed by atoms with Crippen molar-refractivity contribution >= 4 is 39.3 Å². The maximum atomic E-state index is 13.1. The van der Waals surface area contributed by atoms with Gasteiger partial charge < -0.3 is 15.0 Å². The van der Waals surface area contributed by atoms with E-state index in [9.17, 15) is 9.59 Å². The lowest BCUT2D eigenvalue weighted by molar-refractivity contribution is -0.142. The van der Waals surface area contributed by atoms with Crippen molar-refractivity contribution in [2.75, 3.05) is 13.2 Å². The number of nitrogens with zero attached hydrogens (tertiary/aromatic N) is 1. The highest BCUT2D eigenvalue weighted by Crippen LogP contribution is 2.31. The quantitative estimate of drug-likeness (QED) is 0.523. The van der Waals surface area contributed by atoms with Gasteiger partial charge in [0.1, 0.15) is 11.8 Å². The van der Waals surface area contributed by atoms with E-state index >= 15 is 0 Å². The van der Waals surface area contributed by atoms with E-state index in [2.05, 4.69) is 42.0 Å². The molecule has 5 nitrogen and oxygen atoms in total. The lowest BCUT2D eigenvalue weighted by Crippen LogP contribution is -2.49. The van der Waals surface area contributed by atoms with Gasteiger partial charge in [0.25, 0.3) is 5.91 Å². The summed E-state index contributed by atoms with van der Waals surface area (Å²) in [5.41, 5.74) is 2.00. The summed E-state index contributed by atoms with van der Waals surface area (Å²) < 4.78 is 6.59. The van der Waals surface area contributed by atoms with E-state index in [-0.39, 0.29) is 30.4 Å². The molecule has 168 valence electrons. The topological polar surface area (TPSA) is 58.6 Å². The minimum absolute atomic E-state index is 0.00664. The molecule has 0 unspecified atom stereocenters. The maximum Gasteiger partial charge on any atom is 0.261 e. The van der Waals surface area contributed by atoms with Crippen molar-refractivity contribution in [1.29, 1.82) is 0 Å². The molecule has 2 amide bonds. The third-order valence-electron chi connectivity index (χ3n) is 4.91. The Kier molecular flexibility index (Phi) is 8.95. The van der Waals surface area contributed by atoms with Crippen LogP contribution in [0.4, 0.5) is 0 Å². The number of carbonyl (C=O) groups is 2. The molecule has 1 N–H and O–H groups in total. The second-order valence-corrected chi connectivity index (χ2v) is 9.70. The first-order chi connectivity index (χ1) is 14.5. The number of nitrogens with one attached hydrogen (secondary N) is 1. The second-order valence-electron chi connectivity index (χ2n) is 8.41. The van der Waals surface area contributed by atoms with Crippen molar-refractivity contribution in [3.8, 4) is 5.75 Å². The van der Waals surface area contributed by atoms with Gasteiger partial charge >= 0.3 is 0 Å². The van der Waals surface area contributed by atoms with E-state index < -0.39 is 6.04 Å². The number of hydrogen-bond donors (Lipinski definition) is 1. The van der Waals surface area contributed by atoms with Crippen LogP contribution in [0, 0.1) is 0 Å². The normalized spacial score (nSPS) is 12.2. The predicted molar refractivity (Wildman–Crippen MR) is 128 cm³/mol. The molecule has 0 saturated carbocycles. The van der Waals surface area contributed by atoms with Crippen molar-refractivity contribution in [2.45, 2.75) is 52.6 Å². The average Bonchev–Trinajstić information content (AvgIpc) is 2.70. The van der Waals surface area contributed by atoms with Gasteiger partial charge in [-0.3, -0.25) is 9.59 Å². The molecule has 31 heavy (non-hydrogen) atoms. The smallest absolute Gasteiger partial charge is 0.261 e. The van der Waals surface area contributed by atoms with Crippen LogP contribution in [-0.4, -0.2) is 35.9 Å². The number of carbonyl (C=O) groups excluding carboxylic acids is 2. The molecule has 0 radical (unpaired) electrons. The highest BCUT2D eigenvalue weighted by Gasteiger charge is 2.26. The summed E-state index contributed by atoms with van der Waals surface area (Å²) in [6.45, 7) is 10.5. The first-order valence-corrected chi connectivity index (χ1v) is 11.4. The number of amides is 2. The number of rotatable bonds is 8. The van der Waals surface area contributed by atoms with Gasteiger partial charge in [0.15, 0.2) is 6.61 Å². The zero-order chi connectivity index (χ0) is 23.2. The first-order valence-electron chi connectivity index (χ1n) is 10.3. The molecular formula is C24H30BrClN2O3. The average molecular weight is 510 g/mol. The number of ether oxygens (including phenoxy) is 1. The van der Waals surface area contributed by atoms with Crippen LogP contribution in [0.2, 0.25) is 5.02 Å². The van der Waals surface area contributed by atoms with Crippen LogP contribution in [0.5, 0.6) is 5.75 Å². The maximum absolute atomic E-state index is 13.1. The molecule has 2 aromatic carbocycles. The van der Waals surface area contributed by atoms with Gasteiger partial charge in [-0.25, -0.2) is 0 Å². The summed E-state index contributed by atoms with van der Waals surface area (Å²) in [4.78, 5) is 27.0. The molecule has 0 bridgehead atoms. The van der Waals surface area contributed by atoms with Crippen LogP contribution in [0.1, 0.15) is 45.7 Å². The zero-order valence-corrected chi connectivity index (χ0v) is 21.0. The van der Waals surface area contributed by atoms with Gasteiger partial charge in [-0.05, 0) is 70.6 Å². The van der Waals surface area contributed by atoms with E-state index in [1.165, 1.54) is 4.90 Å². The highest BCUT2D eigenvalue weighted by atomic mass is 79.9. The molecule has 0 fully saturated rings. The van der Waals surface area contributed by atoms with Gasteiger partial charge in [0.05, 0.1) is 4.47 Å². The zero-order valence-electron chi connectivity index (χ0n) is 18.7. The molecule has 0 aliphatic heterocycles. The van der Waals surface area contributed by atoms with Crippen molar-refractivity contribution in [3.63, 3.8) is 0 Å². The van der Waals surface area contributed by atoms with E-state index in [4.69, 9.17) is 16.3 Å². The first kappa shape index (κ1) is 25.2. The van der Waals surface area contributed by atoms with E-state index in [1.807, 2.05) is 37.3 Å². The van der Waals surface area contributed by atoms with Gasteiger partial charge in [-0.15, -0.1) is 0 Å². The van der Waals surface area contributed by atoms with E-state index in [0.29, 0.717) is 17.3 Å². The fourth-order valence-electron chi connectivity index (χ4n) is 3.04. The molecule has 0 aliphatic rings. The molecule has 0 heterocycles. The Bertz CT molecular complexity index is 927.